The molecule has 1 atom stereocenters. The van der Waals surface area contributed by atoms with Crippen LogP contribution < -0.4 is 16.4 Å². The summed E-state index contributed by atoms with van der Waals surface area (Å²) >= 11 is 0. The van der Waals surface area contributed by atoms with E-state index >= 15 is 0 Å². The lowest BCUT2D eigenvalue weighted by atomic mass is 10.0. The number of carbonyl (C=O) groups excluding carboxylic acids is 3. The van der Waals surface area contributed by atoms with Gasteiger partial charge in [-0.15, -0.1) is 0 Å². The molecule has 3 aromatic carbocycles. The van der Waals surface area contributed by atoms with Crippen LogP contribution in [0.1, 0.15) is 22.0 Å². The Balaban J connectivity index is 1.57. The number of amides is 3. The smallest absolute Gasteiger partial charge is 0.251 e. The molecule has 6 heteroatoms. The average Bonchev–Trinajstić information content (AvgIpc) is 2.77. The predicted molar refractivity (Wildman–Crippen MR) is 111 cm³/mol. The van der Waals surface area contributed by atoms with Crippen LogP contribution >= 0.6 is 0 Å². The molecule has 0 fully saturated rings. The second-order valence-corrected chi connectivity index (χ2v) is 6.44. The highest BCUT2D eigenvalue weighted by molar-refractivity contribution is 5.97. The summed E-state index contributed by atoms with van der Waals surface area (Å²) in [6.45, 7) is -0.268. The summed E-state index contributed by atoms with van der Waals surface area (Å²) in [6.07, 6.45) is 0. The van der Waals surface area contributed by atoms with E-state index in [4.69, 9.17) is 5.73 Å². The largest absolute Gasteiger partial charge is 0.368 e. The van der Waals surface area contributed by atoms with Gasteiger partial charge in [-0.2, -0.15) is 0 Å². The standard InChI is InChI=1S/C23H21N3O3/c24-22(28)21(18-9-5-2-6-10-18)26-20(27)15-25-23(29)19-13-11-17(12-14-19)16-7-3-1-4-8-16/h1-14,21H,15H2,(H2,24,28)(H,25,29)(H,26,27). The zero-order valence-corrected chi connectivity index (χ0v) is 15.7. The second kappa shape index (κ2) is 9.32. The predicted octanol–water partition coefficient (Wildman–Crippen LogP) is 2.43. The number of carbonyl (C=O) groups is 3. The fraction of sp³-hybridized carbons (Fsp3) is 0.0870. The quantitative estimate of drug-likeness (QED) is 0.580. The molecule has 3 rings (SSSR count). The molecular weight excluding hydrogens is 366 g/mol. The van der Waals surface area contributed by atoms with E-state index in [0.717, 1.165) is 11.1 Å². The molecule has 146 valence electrons. The summed E-state index contributed by atoms with van der Waals surface area (Å²) in [5, 5.41) is 5.09. The molecule has 3 amide bonds. The van der Waals surface area contributed by atoms with Crippen LogP contribution in [0.5, 0.6) is 0 Å². The van der Waals surface area contributed by atoms with Gasteiger partial charge in [0, 0.05) is 5.56 Å². The summed E-state index contributed by atoms with van der Waals surface area (Å²) in [5.41, 5.74) is 8.45. The van der Waals surface area contributed by atoms with E-state index in [0.29, 0.717) is 11.1 Å². The van der Waals surface area contributed by atoms with E-state index in [9.17, 15) is 14.4 Å². The molecule has 0 aliphatic rings. The summed E-state index contributed by atoms with van der Waals surface area (Å²) in [4.78, 5) is 36.1. The molecule has 0 radical (unpaired) electrons. The topological polar surface area (TPSA) is 101 Å². The fourth-order valence-corrected chi connectivity index (χ4v) is 2.88. The van der Waals surface area contributed by atoms with Crippen molar-refractivity contribution in [2.45, 2.75) is 6.04 Å². The third-order valence-electron chi connectivity index (χ3n) is 4.39. The molecule has 3 aromatic rings. The number of benzene rings is 3. The van der Waals surface area contributed by atoms with Gasteiger partial charge in [-0.1, -0.05) is 72.8 Å². The van der Waals surface area contributed by atoms with E-state index in [1.54, 1.807) is 42.5 Å². The first-order valence-corrected chi connectivity index (χ1v) is 9.12. The molecule has 0 aliphatic heterocycles. The Labute approximate surface area is 168 Å². The Morgan fingerprint density at radius 3 is 1.90 bits per heavy atom. The van der Waals surface area contributed by atoms with Crippen molar-refractivity contribution >= 4 is 17.7 Å². The maximum Gasteiger partial charge on any atom is 0.251 e. The van der Waals surface area contributed by atoms with Crippen molar-refractivity contribution in [1.29, 1.82) is 0 Å². The lowest BCUT2D eigenvalue weighted by Crippen LogP contribution is -2.42. The van der Waals surface area contributed by atoms with Gasteiger partial charge in [0.2, 0.25) is 11.8 Å². The van der Waals surface area contributed by atoms with Crippen molar-refractivity contribution in [1.82, 2.24) is 10.6 Å². The molecule has 0 saturated heterocycles. The number of hydrogen-bond donors (Lipinski definition) is 3. The summed E-state index contributed by atoms with van der Waals surface area (Å²) in [6, 6.07) is 24.6. The van der Waals surface area contributed by atoms with Crippen LogP contribution in [0.25, 0.3) is 11.1 Å². The first kappa shape index (κ1) is 19.8. The van der Waals surface area contributed by atoms with Gasteiger partial charge in [-0.3, -0.25) is 14.4 Å². The molecule has 0 aliphatic carbocycles. The zero-order valence-electron chi connectivity index (χ0n) is 15.7. The highest BCUT2D eigenvalue weighted by atomic mass is 16.2. The van der Waals surface area contributed by atoms with Gasteiger partial charge in [0.25, 0.3) is 5.91 Å². The minimum Gasteiger partial charge on any atom is -0.368 e. The van der Waals surface area contributed by atoms with Crippen LogP contribution in [0.4, 0.5) is 0 Å². The summed E-state index contributed by atoms with van der Waals surface area (Å²) in [7, 11) is 0. The van der Waals surface area contributed by atoms with Crippen LogP contribution in [0.3, 0.4) is 0 Å². The van der Waals surface area contributed by atoms with E-state index in [-0.39, 0.29) is 12.5 Å². The maximum atomic E-state index is 12.3. The van der Waals surface area contributed by atoms with Crippen LogP contribution in [0, 0.1) is 0 Å². The lowest BCUT2D eigenvalue weighted by molar-refractivity contribution is -0.126. The van der Waals surface area contributed by atoms with Crippen molar-refractivity contribution in [2.24, 2.45) is 5.73 Å². The van der Waals surface area contributed by atoms with Crippen molar-refractivity contribution in [3.63, 3.8) is 0 Å². The Bertz CT molecular complexity index is 987. The minimum atomic E-state index is -0.953. The van der Waals surface area contributed by atoms with Gasteiger partial charge in [-0.25, -0.2) is 0 Å². The molecule has 4 N–H and O–H groups in total. The van der Waals surface area contributed by atoms with Crippen LogP contribution in [-0.4, -0.2) is 24.3 Å². The van der Waals surface area contributed by atoms with Crippen LogP contribution in [0.15, 0.2) is 84.9 Å². The number of rotatable bonds is 7. The van der Waals surface area contributed by atoms with Crippen molar-refractivity contribution in [2.75, 3.05) is 6.54 Å². The Hall–Kier alpha value is -3.93. The van der Waals surface area contributed by atoms with Gasteiger partial charge in [0.15, 0.2) is 0 Å². The third kappa shape index (κ3) is 5.29. The number of primary amides is 1. The van der Waals surface area contributed by atoms with Crippen molar-refractivity contribution < 1.29 is 14.4 Å². The Morgan fingerprint density at radius 1 is 0.759 bits per heavy atom. The molecular formula is C23H21N3O3. The van der Waals surface area contributed by atoms with E-state index in [1.165, 1.54) is 0 Å². The molecule has 0 spiro atoms. The molecule has 6 nitrogen and oxygen atoms in total. The normalized spacial score (nSPS) is 11.3. The van der Waals surface area contributed by atoms with Gasteiger partial charge >= 0.3 is 0 Å². The van der Waals surface area contributed by atoms with Gasteiger partial charge < -0.3 is 16.4 Å². The number of nitrogens with one attached hydrogen (secondary N) is 2. The van der Waals surface area contributed by atoms with Gasteiger partial charge in [0.1, 0.15) is 6.04 Å². The van der Waals surface area contributed by atoms with E-state index in [2.05, 4.69) is 10.6 Å². The van der Waals surface area contributed by atoms with Crippen molar-refractivity contribution in [3.05, 3.63) is 96.1 Å². The summed E-state index contributed by atoms with van der Waals surface area (Å²) < 4.78 is 0. The molecule has 0 heterocycles. The van der Waals surface area contributed by atoms with E-state index in [1.807, 2.05) is 42.5 Å². The first-order chi connectivity index (χ1) is 14.0. The highest BCUT2D eigenvalue weighted by Gasteiger charge is 2.20. The maximum absolute atomic E-state index is 12.3. The molecule has 0 saturated carbocycles. The zero-order chi connectivity index (χ0) is 20.6. The second-order valence-electron chi connectivity index (χ2n) is 6.44. The summed E-state index contributed by atoms with van der Waals surface area (Å²) in [5.74, 6) is -1.56. The van der Waals surface area contributed by atoms with Gasteiger partial charge in [-0.05, 0) is 28.8 Å². The monoisotopic (exact) mass is 387 g/mol. The molecule has 29 heavy (non-hydrogen) atoms. The van der Waals surface area contributed by atoms with Crippen LogP contribution in [-0.2, 0) is 9.59 Å². The Morgan fingerprint density at radius 2 is 1.31 bits per heavy atom. The molecule has 1 unspecified atom stereocenters. The van der Waals surface area contributed by atoms with Crippen LogP contribution in [0.2, 0.25) is 0 Å². The van der Waals surface area contributed by atoms with Gasteiger partial charge in [0.05, 0.1) is 6.54 Å². The third-order valence-corrected chi connectivity index (χ3v) is 4.39. The first-order valence-electron chi connectivity index (χ1n) is 9.12. The minimum absolute atomic E-state index is 0.268. The number of hydrogen-bond acceptors (Lipinski definition) is 3. The lowest BCUT2D eigenvalue weighted by Gasteiger charge is -2.16. The van der Waals surface area contributed by atoms with E-state index < -0.39 is 17.9 Å². The SMILES string of the molecule is NC(=O)C(NC(=O)CNC(=O)c1ccc(-c2ccccc2)cc1)c1ccccc1. The molecule has 0 bridgehead atoms. The molecule has 0 aromatic heterocycles. The highest BCUT2D eigenvalue weighted by Crippen LogP contribution is 2.19. The average molecular weight is 387 g/mol. The fourth-order valence-electron chi connectivity index (χ4n) is 2.88. The Kier molecular flexibility index (Phi) is 6.37. The van der Waals surface area contributed by atoms with Crippen molar-refractivity contribution in [3.8, 4) is 11.1 Å². The number of nitrogens with two attached hydrogens (primary N) is 1.